The molecular weight excluding hydrogens is 197 g/mol. The fourth-order valence-corrected chi connectivity index (χ4v) is 1.64. The predicted molar refractivity (Wildman–Crippen MR) is 53.2 cm³/mol. The van der Waals surface area contributed by atoms with E-state index in [9.17, 15) is 9.18 Å². The van der Waals surface area contributed by atoms with E-state index in [1.54, 1.807) is 20.2 Å². The zero-order valence-corrected chi connectivity index (χ0v) is 8.66. The van der Waals surface area contributed by atoms with Crippen molar-refractivity contribution in [3.05, 3.63) is 29.6 Å². The summed E-state index contributed by atoms with van der Waals surface area (Å²) in [5.74, 6) is 0.221. The Morgan fingerprint density at radius 3 is 2.93 bits per heavy atom. The van der Waals surface area contributed by atoms with Crippen molar-refractivity contribution in [3.8, 4) is 5.75 Å². The highest BCUT2D eigenvalue weighted by atomic mass is 19.1. The van der Waals surface area contributed by atoms with Gasteiger partial charge < -0.3 is 9.64 Å². The highest BCUT2D eigenvalue weighted by molar-refractivity contribution is 5.82. The summed E-state index contributed by atoms with van der Waals surface area (Å²) in [6.45, 7) is 0. The summed E-state index contributed by atoms with van der Waals surface area (Å²) < 4.78 is 18.3. The SMILES string of the molecule is CN(C)C(=O)C1Cc2cc(F)ccc2O1. The van der Waals surface area contributed by atoms with Crippen molar-refractivity contribution in [1.29, 1.82) is 0 Å². The smallest absolute Gasteiger partial charge is 0.263 e. The van der Waals surface area contributed by atoms with E-state index in [4.69, 9.17) is 4.74 Å². The molecule has 0 fully saturated rings. The van der Waals surface area contributed by atoms with E-state index in [2.05, 4.69) is 0 Å². The highest BCUT2D eigenvalue weighted by Crippen LogP contribution is 2.29. The third-order valence-corrected chi connectivity index (χ3v) is 2.41. The van der Waals surface area contributed by atoms with Crippen LogP contribution in [0.1, 0.15) is 5.56 Å². The van der Waals surface area contributed by atoms with Gasteiger partial charge in [0.2, 0.25) is 0 Å². The normalized spacial score (nSPS) is 18.2. The van der Waals surface area contributed by atoms with Gasteiger partial charge in [-0.05, 0) is 18.2 Å². The molecule has 1 aromatic rings. The monoisotopic (exact) mass is 209 g/mol. The van der Waals surface area contributed by atoms with Gasteiger partial charge in [-0.2, -0.15) is 0 Å². The maximum absolute atomic E-state index is 12.9. The zero-order chi connectivity index (χ0) is 11.0. The van der Waals surface area contributed by atoms with E-state index in [0.717, 1.165) is 5.56 Å². The van der Waals surface area contributed by atoms with Crippen molar-refractivity contribution in [2.24, 2.45) is 0 Å². The molecule has 2 rings (SSSR count). The van der Waals surface area contributed by atoms with Crippen LogP contribution in [-0.4, -0.2) is 31.0 Å². The molecule has 1 heterocycles. The minimum absolute atomic E-state index is 0.0911. The number of hydrogen-bond acceptors (Lipinski definition) is 2. The van der Waals surface area contributed by atoms with Gasteiger partial charge in [0.1, 0.15) is 11.6 Å². The van der Waals surface area contributed by atoms with Crippen molar-refractivity contribution >= 4 is 5.91 Å². The minimum atomic E-state index is -0.503. The molecular formula is C11H12FNO2. The Bertz CT molecular complexity index is 404. The molecule has 0 N–H and O–H groups in total. The predicted octanol–water partition coefficient (Wildman–Crippen LogP) is 1.22. The summed E-state index contributed by atoms with van der Waals surface area (Å²) in [6.07, 6.45) is -0.0544. The molecule has 0 spiro atoms. The van der Waals surface area contributed by atoms with Crippen LogP contribution in [0.2, 0.25) is 0 Å². The molecule has 3 nitrogen and oxygen atoms in total. The summed E-state index contributed by atoms with van der Waals surface area (Å²) in [5.41, 5.74) is 0.759. The summed E-state index contributed by atoms with van der Waals surface area (Å²) in [7, 11) is 3.35. The number of benzene rings is 1. The third kappa shape index (κ3) is 1.79. The molecule has 1 aliphatic rings. The van der Waals surface area contributed by atoms with Gasteiger partial charge >= 0.3 is 0 Å². The van der Waals surface area contributed by atoms with Gasteiger partial charge in [-0.1, -0.05) is 0 Å². The number of halogens is 1. The second-order valence-corrected chi connectivity index (χ2v) is 3.80. The number of fused-ring (bicyclic) bond motifs is 1. The first kappa shape index (κ1) is 9.96. The molecule has 1 aromatic carbocycles. The number of carbonyl (C=O) groups is 1. The average molecular weight is 209 g/mol. The van der Waals surface area contributed by atoms with Crippen LogP contribution in [0, 0.1) is 5.82 Å². The lowest BCUT2D eigenvalue weighted by Gasteiger charge is -2.15. The maximum Gasteiger partial charge on any atom is 0.263 e. The first-order valence-corrected chi connectivity index (χ1v) is 4.74. The molecule has 0 bridgehead atoms. The summed E-state index contributed by atoms with van der Waals surface area (Å²) in [4.78, 5) is 13.1. The van der Waals surface area contributed by atoms with Crippen molar-refractivity contribution in [1.82, 2.24) is 4.90 Å². The first-order chi connectivity index (χ1) is 7.08. The second-order valence-electron chi connectivity index (χ2n) is 3.80. The molecule has 80 valence electrons. The van der Waals surface area contributed by atoms with Crippen LogP contribution >= 0.6 is 0 Å². The van der Waals surface area contributed by atoms with Gasteiger partial charge in [0.15, 0.2) is 6.10 Å². The fourth-order valence-electron chi connectivity index (χ4n) is 1.64. The average Bonchev–Trinajstić information content (AvgIpc) is 2.58. The number of rotatable bonds is 1. The number of likely N-dealkylation sites (N-methyl/N-ethyl adjacent to an activating group) is 1. The molecule has 15 heavy (non-hydrogen) atoms. The Morgan fingerprint density at radius 1 is 1.53 bits per heavy atom. The van der Waals surface area contributed by atoms with Gasteiger partial charge in [0.25, 0.3) is 5.91 Å². The van der Waals surface area contributed by atoms with Gasteiger partial charge in [-0.3, -0.25) is 4.79 Å². The number of carbonyl (C=O) groups excluding carboxylic acids is 1. The van der Waals surface area contributed by atoms with E-state index >= 15 is 0 Å². The van der Waals surface area contributed by atoms with E-state index in [1.165, 1.54) is 17.0 Å². The maximum atomic E-state index is 12.9. The molecule has 0 aromatic heterocycles. The van der Waals surface area contributed by atoms with Gasteiger partial charge in [0.05, 0.1) is 0 Å². The van der Waals surface area contributed by atoms with Gasteiger partial charge in [-0.25, -0.2) is 4.39 Å². The number of amides is 1. The quantitative estimate of drug-likeness (QED) is 0.696. The standard InChI is InChI=1S/C11H12FNO2/c1-13(2)11(14)10-6-7-5-8(12)3-4-9(7)15-10/h3-5,10H,6H2,1-2H3. The van der Waals surface area contributed by atoms with E-state index in [0.29, 0.717) is 12.2 Å². The third-order valence-electron chi connectivity index (χ3n) is 2.41. The molecule has 0 aliphatic carbocycles. The Labute approximate surface area is 87.5 Å². The molecule has 4 heteroatoms. The fraction of sp³-hybridized carbons (Fsp3) is 0.364. The largest absolute Gasteiger partial charge is 0.480 e. The molecule has 1 aliphatic heterocycles. The van der Waals surface area contributed by atoms with Crippen LogP contribution in [0.5, 0.6) is 5.75 Å². The highest BCUT2D eigenvalue weighted by Gasteiger charge is 2.30. The Hall–Kier alpha value is -1.58. The topological polar surface area (TPSA) is 29.5 Å². The number of hydrogen-bond donors (Lipinski definition) is 0. The molecule has 1 unspecified atom stereocenters. The van der Waals surface area contributed by atoms with Crippen molar-refractivity contribution in [3.63, 3.8) is 0 Å². The number of nitrogens with zero attached hydrogens (tertiary/aromatic N) is 1. The van der Waals surface area contributed by atoms with Crippen LogP contribution in [-0.2, 0) is 11.2 Å². The second kappa shape index (κ2) is 3.53. The molecule has 1 atom stereocenters. The van der Waals surface area contributed by atoms with Crippen molar-refractivity contribution in [2.75, 3.05) is 14.1 Å². The van der Waals surface area contributed by atoms with Crippen LogP contribution in [0.3, 0.4) is 0 Å². The Kier molecular flexibility index (Phi) is 2.34. The summed E-state index contributed by atoms with van der Waals surface area (Å²) in [5, 5.41) is 0. The Morgan fingerprint density at radius 2 is 2.27 bits per heavy atom. The van der Waals surface area contributed by atoms with Crippen LogP contribution < -0.4 is 4.74 Å². The van der Waals surface area contributed by atoms with Crippen molar-refractivity contribution in [2.45, 2.75) is 12.5 Å². The first-order valence-electron chi connectivity index (χ1n) is 4.74. The molecule has 0 saturated heterocycles. The minimum Gasteiger partial charge on any atom is -0.480 e. The number of ether oxygens (including phenoxy) is 1. The Balaban J connectivity index is 2.19. The van der Waals surface area contributed by atoms with Crippen LogP contribution in [0.4, 0.5) is 4.39 Å². The molecule has 0 radical (unpaired) electrons. The van der Waals surface area contributed by atoms with Crippen LogP contribution in [0.25, 0.3) is 0 Å². The zero-order valence-electron chi connectivity index (χ0n) is 8.66. The lowest BCUT2D eigenvalue weighted by Crippen LogP contribution is -2.36. The van der Waals surface area contributed by atoms with Crippen molar-refractivity contribution < 1.29 is 13.9 Å². The summed E-state index contributed by atoms with van der Waals surface area (Å²) >= 11 is 0. The van der Waals surface area contributed by atoms with Gasteiger partial charge in [0, 0.05) is 26.1 Å². The van der Waals surface area contributed by atoms with E-state index in [-0.39, 0.29) is 11.7 Å². The molecule has 0 saturated carbocycles. The lowest BCUT2D eigenvalue weighted by atomic mass is 10.1. The van der Waals surface area contributed by atoms with E-state index in [1.807, 2.05) is 0 Å². The van der Waals surface area contributed by atoms with Crippen LogP contribution in [0.15, 0.2) is 18.2 Å². The summed E-state index contributed by atoms with van der Waals surface area (Å²) in [6, 6.07) is 4.31. The van der Waals surface area contributed by atoms with Gasteiger partial charge in [-0.15, -0.1) is 0 Å². The van der Waals surface area contributed by atoms with E-state index < -0.39 is 6.10 Å². The molecule has 1 amide bonds. The lowest BCUT2D eigenvalue weighted by molar-refractivity contribution is -0.135.